The minimum Gasteiger partial charge on any atom is -0.396 e. The summed E-state index contributed by atoms with van der Waals surface area (Å²) in [5, 5.41) is 11.1. The molecule has 1 aliphatic carbocycles. The van der Waals surface area contributed by atoms with Crippen LogP contribution in [0.25, 0.3) is 5.57 Å². The van der Waals surface area contributed by atoms with E-state index < -0.39 is 0 Å². The third kappa shape index (κ3) is 3.60. The average Bonchev–Trinajstić information content (AvgIpc) is 3.13. The van der Waals surface area contributed by atoms with Crippen LogP contribution in [-0.2, 0) is 9.59 Å². The van der Waals surface area contributed by atoms with E-state index in [9.17, 15) is 9.59 Å². The molecule has 1 N–H and O–H groups in total. The first-order chi connectivity index (χ1) is 11.7. The van der Waals surface area contributed by atoms with Crippen LogP contribution in [0.5, 0.6) is 0 Å². The third-order valence-corrected chi connectivity index (χ3v) is 6.56. The highest BCUT2D eigenvalue weighted by atomic mass is 32.2. The molecule has 1 aromatic rings. The van der Waals surface area contributed by atoms with Gasteiger partial charge in [0.2, 0.25) is 0 Å². The van der Waals surface area contributed by atoms with Gasteiger partial charge in [0, 0.05) is 16.7 Å². The van der Waals surface area contributed by atoms with Crippen LogP contribution in [0.15, 0.2) is 22.4 Å². The molecule has 2 amide bonds. The van der Waals surface area contributed by atoms with E-state index in [-0.39, 0.29) is 24.5 Å². The Morgan fingerprint density at radius 2 is 1.83 bits per heavy atom. The van der Waals surface area contributed by atoms with Crippen molar-refractivity contribution in [1.82, 2.24) is 4.90 Å². The van der Waals surface area contributed by atoms with Crippen LogP contribution in [0.1, 0.15) is 49.8 Å². The zero-order valence-electron chi connectivity index (χ0n) is 13.7. The number of amides is 2. The molecule has 0 radical (unpaired) electrons. The standard InChI is InChI=1S/C18H23NO3S2/c20-10-12-24-16-15(14-9-6-11-23-14)17(21)19(18(16)22)13-7-4-2-1-3-5-8-13/h6,9,11,13,20H,1-5,7-8,10,12H2. The van der Waals surface area contributed by atoms with Crippen molar-refractivity contribution in [3.05, 3.63) is 27.3 Å². The highest BCUT2D eigenvalue weighted by Gasteiger charge is 2.42. The van der Waals surface area contributed by atoms with E-state index in [0.29, 0.717) is 16.2 Å². The van der Waals surface area contributed by atoms with E-state index >= 15 is 0 Å². The van der Waals surface area contributed by atoms with Gasteiger partial charge in [-0.25, -0.2) is 0 Å². The van der Waals surface area contributed by atoms with Gasteiger partial charge < -0.3 is 5.11 Å². The van der Waals surface area contributed by atoms with E-state index in [1.54, 1.807) is 0 Å². The van der Waals surface area contributed by atoms with Crippen LogP contribution in [0.3, 0.4) is 0 Å². The molecular weight excluding hydrogens is 342 g/mol. The molecule has 0 atom stereocenters. The number of rotatable bonds is 5. The first-order valence-electron chi connectivity index (χ1n) is 8.63. The van der Waals surface area contributed by atoms with E-state index in [1.807, 2.05) is 17.5 Å². The molecule has 2 heterocycles. The highest BCUT2D eigenvalue weighted by Crippen LogP contribution is 2.40. The first kappa shape index (κ1) is 17.7. The molecule has 130 valence electrons. The molecule has 0 spiro atoms. The van der Waals surface area contributed by atoms with Crippen LogP contribution >= 0.6 is 23.1 Å². The lowest BCUT2D eigenvalue weighted by Crippen LogP contribution is -2.41. The summed E-state index contributed by atoms with van der Waals surface area (Å²) < 4.78 is 0. The molecule has 0 unspecified atom stereocenters. The number of carbonyl (C=O) groups is 2. The molecule has 24 heavy (non-hydrogen) atoms. The van der Waals surface area contributed by atoms with Crippen LogP contribution in [0.2, 0.25) is 0 Å². The quantitative estimate of drug-likeness (QED) is 0.809. The van der Waals surface area contributed by atoms with Gasteiger partial charge in [-0.05, 0) is 24.3 Å². The van der Waals surface area contributed by atoms with Crippen molar-refractivity contribution in [2.45, 2.75) is 51.0 Å². The summed E-state index contributed by atoms with van der Waals surface area (Å²) in [7, 11) is 0. The number of aliphatic hydroxyl groups excluding tert-OH is 1. The van der Waals surface area contributed by atoms with Gasteiger partial charge in [-0.3, -0.25) is 14.5 Å². The van der Waals surface area contributed by atoms with Gasteiger partial charge in [-0.1, -0.05) is 38.2 Å². The Bertz CT molecular complexity index is 616. The van der Waals surface area contributed by atoms with E-state index in [4.69, 9.17) is 5.11 Å². The summed E-state index contributed by atoms with van der Waals surface area (Å²) in [4.78, 5) is 28.9. The second-order valence-corrected chi connectivity index (χ2v) is 8.29. The zero-order valence-corrected chi connectivity index (χ0v) is 15.3. The van der Waals surface area contributed by atoms with Crippen molar-refractivity contribution < 1.29 is 14.7 Å². The van der Waals surface area contributed by atoms with E-state index in [2.05, 4.69) is 0 Å². The summed E-state index contributed by atoms with van der Waals surface area (Å²) in [5.74, 6) is 0.128. The fourth-order valence-electron chi connectivity index (χ4n) is 3.47. The maximum absolute atomic E-state index is 13.1. The number of thioether (sulfide) groups is 1. The Morgan fingerprint density at radius 1 is 1.12 bits per heavy atom. The number of aliphatic hydroxyl groups is 1. The molecule has 1 saturated carbocycles. The van der Waals surface area contributed by atoms with Crippen LogP contribution < -0.4 is 0 Å². The number of carbonyl (C=O) groups excluding carboxylic acids is 2. The second kappa shape index (κ2) is 8.32. The van der Waals surface area contributed by atoms with Gasteiger partial charge in [0.25, 0.3) is 11.8 Å². The summed E-state index contributed by atoms with van der Waals surface area (Å²) in [6.07, 6.45) is 7.60. The third-order valence-electron chi connectivity index (χ3n) is 4.62. The number of imide groups is 1. The predicted octanol–water partition coefficient (Wildman–Crippen LogP) is 3.67. The Kier molecular flexibility index (Phi) is 6.14. The fraction of sp³-hybridized carbons (Fsp3) is 0.556. The molecular formula is C18H23NO3S2. The number of hydrogen-bond acceptors (Lipinski definition) is 5. The molecule has 3 rings (SSSR count). The van der Waals surface area contributed by atoms with E-state index in [0.717, 1.165) is 30.6 Å². The van der Waals surface area contributed by atoms with Crippen molar-refractivity contribution in [3.8, 4) is 0 Å². The van der Waals surface area contributed by atoms with Crippen molar-refractivity contribution in [2.75, 3.05) is 12.4 Å². The molecule has 1 fully saturated rings. The monoisotopic (exact) mass is 365 g/mol. The smallest absolute Gasteiger partial charge is 0.268 e. The first-order valence-corrected chi connectivity index (χ1v) is 10.5. The fourth-order valence-corrected chi connectivity index (χ4v) is 5.16. The second-order valence-electron chi connectivity index (χ2n) is 6.23. The largest absolute Gasteiger partial charge is 0.396 e. The van der Waals surface area contributed by atoms with Crippen molar-refractivity contribution in [2.24, 2.45) is 0 Å². The number of nitrogens with zero attached hydrogens (tertiary/aromatic N) is 1. The molecule has 0 saturated heterocycles. The summed E-state index contributed by atoms with van der Waals surface area (Å²) in [5.41, 5.74) is 0.538. The Hall–Kier alpha value is -1.11. The van der Waals surface area contributed by atoms with Crippen molar-refractivity contribution >= 4 is 40.5 Å². The maximum atomic E-state index is 13.1. The molecule has 0 aromatic carbocycles. The van der Waals surface area contributed by atoms with Crippen molar-refractivity contribution in [1.29, 1.82) is 0 Å². The minimum absolute atomic E-state index is 0.00319. The lowest BCUT2D eigenvalue weighted by molar-refractivity contribution is -0.139. The Labute approximate surface area is 150 Å². The van der Waals surface area contributed by atoms with Gasteiger partial charge in [0.05, 0.1) is 17.1 Å². The highest BCUT2D eigenvalue weighted by molar-refractivity contribution is 8.04. The number of thiophene rings is 1. The summed E-state index contributed by atoms with van der Waals surface area (Å²) in [6.45, 7) is -0.00319. The molecule has 1 aliphatic heterocycles. The van der Waals surface area contributed by atoms with Gasteiger partial charge >= 0.3 is 0 Å². The lowest BCUT2D eigenvalue weighted by atomic mass is 9.95. The molecule has 6 heteroatoms. The number of hydrogen-bond donors (Lipinski definition) is 1. The van der Waals surface area contributed by atoms with Crippen LogP contribution in [0.4, 0.5) is 0 Å². The van der Waals surface area contributed by atoms with Crippen LogP contribution in [0, 0.1) is 0 Å². The van der Waals surface area contributed by atoms with Gasteiger partial charge in [-0.2, -0.15) is 0 Å². The predicted molar refractivity (Wildman–Crippen MR) is 98.7 cm³/mol. The SMILES string of the molecule is O=C1C(SCCO)=C(c2cccs2)C(=O)N1C1CCCCCCC1. The van der Waals surface area contributed by atoms with Crippen LogP contribution in [-0.4, -0.2) is 40.2 Å². The van der Waals surface area contributed by atoms with Crippen molar-refractivity contribution in [3.63, 3.8) is 0 Å². The molecule has 4 nitrogen and oxygen atoms in total. The summed E-state index contributed by atoms with van der Waals surface area (Å²) in [6, 6.07) is 3.82. The van der Waals surface area contributed by atoms with Gasteiger partial charge in [-0.15, -0.1) is 23.1 Å². The average molecular weight is 366 g/mol. The molecule has 1 aromatic heterocycles. The summed E-state index contributed by atoms with van der Waals surface area (Å²) >= 11 is 2.79. The normalized spacial score (nSPS) is 20.6. The van der Waals surface area contributed by atoms with Gasteiger partial charge in [0.1, 0.15) is 0 Å². The van der Waals surface area contributed by atoms with Gasteiger partial charge in [0.15, 0.2) is 0 Å². The lowest BCUT2D eigenvalue weighted by Gasteiger charge is -2.28. The zero-order chi connectivity index (χ0) is 16.9. The molecule has 0 bridgehead atoms. The minimum atomic E-state index is -0.160. The topological polar surface area (TPSA) is 57.6 Å². The van der Waals surface area contributed by atoms with E-state index in [1.165, 1.54) is 47.3 Å². The Balaban J connectivity index is 1.88. The maximum Gasteiger partial charge on any atom is 0.268 e. The molecule has 2 aliphatic rings. The Morgan fingerprint density at radius 3 is 2.46 bits per heavy atom.